The van der Waals surface area contributed by atoms with Crippen LogP contribution in [0.25, 0.3) is 0 Å². The molecular formula is C21H25N3O5. The molecule has 2 N–H and O–H groups in total. The summed E-state index contributed by atoms with van der Waals surface area (Å²) in [4.78, 5) is 38.2. The average Bonchev–Trinajstić information content (AvgIpc) is 3.30. The number of imide groups is 1. The molecule has 1 atom stereocenters. The molecular weight excluding hydrogens is 374 g/mol. The molecule has 1 spiro atoms. The molecule has 0 aromatic heterocycles. The summed E-state index contributed by atoms with van der Waals surface area (Å²) in [6.07, 6.45) is 4.23. The van der Waals surface area contributed by atoms with Crippen LogP contribution < -0.4 is 10.6 Å². The molecule has 1 unspecified atom stereocenters. The van der Waals surface area contributed by atoms with Gasteiger partial charge in [0.2, 0.25) is 11.8 Å². The van der Waals surface area contributed by atoms with Gasteiger partial charge in [0.1, 0.15) is 6.04 Å². The standard InChI is InChI=1S/C21H25N3O5/c25-18-5-4-17(19(26)23-18)24-12-15-14(20(24)27)2-1-3-16(15)22-13-6-8-21(9-7-13)28-10-11-29-21/h1-3,13,17,22H,4-12H2,(H,23,25,26). The van der Waals surface area contributed by atoms with Gasteiger partial charge in [-0.05, 0) is 31.4 Å². The fourth-order valence-corrected chi connectivity index (χ4v) is 4.93. The maximum absolute atomic E-state index is 12.9. The quantitative estimate of drug-likeness (QED) is 0.749. The number of fused-ring (bicyclic) bond motifs is 1. The Balaban J connectivity index is 1.30. The maximum atomic E-state index is 12.9. The van der Waals surface area contributed by atoms with Crippen LogP contribution in [-0.2, 0) is 25.6 Å². The van der Waals surface area contributed by atoms with Crippen LogP contribution in [0.2, 0.25) is 0 Å². The van der Waals surface area contributed by atoms with E-state index in [1.807, 2.05) is 18.2 Å². The topological polar surface area (TPSA) is 97.0 Å². The number of ether oxygens (including phenoxy) is 2. The number of rotatable bonds is 3. The molecule has 29 heavy (non-hydrogen) atoms. The van der Waals surface area contributed by atoms with Crippen molar-refractivity contribution < 1.29 is 23.9 Å². The molecule has 4 aliphatic rings. The predicted octanol–water partition coefficient (Wildman–Crippen LogP) is 1.55. The Labute approximate surface area is 168 Å². The summed E-state index contributed by atoms with van der Waals surface area (Å²) in [5, 5.41) is 5.95. The largest absolute Gasteiger partial charge is 0.382 e. The number of nitrogens with one attached hydrogen (secondary N) is 2. The van der Waals surface area contributed by atoms with Crippen molar-refractivity contribution in [3.05, 3.63) is 29.3 Å². The summed E-state index contributed by atoms with van der Waals surface area (Å²) in [5.41, 5.74) is 2.50. The number of hydrogen-bond donors (Lipinski definition) is 2. The molecule has 3 heterocycles. The third-order valence-electron chi connectivity index (χ3n) is 6.50. The molecule has 0 bridgehead atoms. The van der Waals surface area contributed by atoms with Crippen molar-refractivity contribution in [2.24, 2.45) is 0 Å². The smallest absolute Gasteiger partial charge is 0.255 e. The normalized spacial score (nSPS) is 26.7. The van der Waals surface area contributed by atoms with Gasteiger partial charge in [-0.25, -0.2) is 0 Å². The summed E-state index contributed by atoms with van der Waals surface area (Å²) in [7, 11) is 0. The summed E-state index contributed by atoms with van der Waals surface area (Å²) in [6.45, 7) is 1.72. The lowest BCUT2D eigenvalue weighted by atomic mass is 9.89. The highest BCUT2D eigenvalue weighted by Crippen LogP contribution is 2.38. The van der Waals surface area contributed by atoms with E-state index in [9.17, 15) is 14.4 Å². The molecule has 1 aliphatic carbocycles. The number of amides is 3. The lowest BCUT2D eigenvalue weighted by Gasteiger charge is -2.36. The number of piperidine rings is 1. The van der Waals surface area contributed by atoms with E-state index in [1.54, 1.807) is 4.90 Å². The van der Waals surface area contributed by atoms with Gasteiger partial charge in [0.05, 0.1) is 13.2 Å². The van der Waals surface area contributed by atoms with E-state index in [0.29, 0.717) is 37.8 Å². The van der Waals surface area contributed by atoms with Crippen molar-refractivity contribution in [3.63, 3.8) is 0 Å². The molecule has 8 nitrogen and oxygen atoms in total. The SMILES string of the molecule is O=C1CCC(N2Cc3c(NC4CCC5(CC4)OCCO5)cccc3C2=O)C(=O)N1. The molecule has 1 aromatic carbocycles. The maximum Gasteiger partial charge on any atom is 0.255 e. The average molecular weight is 399 g/mol. The highest BCUT2D eigenvalue weighted by Gasteiger charge is 2.42. The number of carbonyl (C=O) groups excluding carboxylic acids is 3. The van der Waals surface area contributed by atoms with Crippen molar-refractivity contribution in [3.8, 4) is 0 Å². The highest BCUT2D eigenvalue weighted by molar-refractivity contribution is 6.06. The minimum atomic E-state index is -0.591. The Hall–Kier alpha value is -2.45. The van der Waals surface area contributed by atoms with Crippen LogP contribution in [-0.4, -0.2) is 53.7 Å². The molecule has 3 aliphatic heterocycles. The Bertz CT molecular complexity index is 854. The number of hydrogen-bond acceptors (Lipinski definition) is 6. The monoisotopic (exact) mass is 399 g/mol. The zero-order valence-electron chi connectivity index (χ0n) is 16.2. The minimum absolute atomic E-state index is 0.145. The summed E-state index contributed by atoms with van der Waals surface area (Å²) in [6, 6.07) is 5.38. The van der Waals surface area contributed by atoms with E-state index >= 15 is 0 Å². The van der Waals surface area contributed by atoms with Crippen LogP contribution in [0.3, 0.4) is 0 Å². The Morgan fingerprint density at radius 1 is 1.07 bits per heavy atom. The van der Waals surface area contributed by atoms with Gasteiger partial charge in [-0.2, -0.15) is 0 Å². The van der Waals surface area contributed by atoms with Gasteiger partial charge < -0.3 is 19.7 Å². The second-order valence-electron chi connectivity index (χ2n) is 8.26. The van der Waals surface area contributed by atoms with E-state index in [2.05, 4.69) is 10.6 Å². The van der Waals surface area contributed by atoms with Gasteiger partial charge in [-0.15, -0.1) is 0 Å². The molecule has 5 rings (SSSR count). The van der Waals surface area contributed by atoms with Crippen molar-refractivity contribution in [1.29, 1.82) is 0 Å². The van der Waals surface area contributed by atoms with Gasteiger partial charge in [-0.3, -0.25) is 19.7 Å². The lowest BCUT2D eigenvalue weighted by molar-refractivity contribution is -0.177. The van der Waals surface area contributed by atoms with Gasteiger partial charge in [0.25, 0.3) is 5.91 Å². The number of carbonyl (C=O) groups is 3. The molecule has 3 amide bonds. The molecule has 1 aromatic rings. The Morgan fingerprint density at radius 2 is 1.83 bits per heavy atom. The second-order valence-corrected chi connectivity index (χ2v) is 8.26. The summed E-state index contributed by atoms with van der Waals surface area (Å²) < 4.78 is 11.6. The molecule has 1 saturated carbocycles. The van der Waals surface area contributed by atoms with E-state index in [1.165, 1.54) is 0 Å². The van der Waals surface area contributed by atoms with Crippen molar-refractivity contribution in [1.82, 2.24) is 10.2 Å². The summed E-state index contributed by atoms with van der Waals surface area (Å²) >= 11 is 0. The van der Waals surface area contributed by atoms with Gasteiger partial charge in [-0.1, -0.05) is 6.07 Å². The van der Waals surface area contributed by atoms with Gasteiger partial charge in [0.15, 0.2) is 5.79 Å². The van der Waals surface area contributed by atoms with E-state index < -0.39 is 11.8 Å². The van der Waals surface area contributed by atoms with Crippen LogP contribution in [0.15, 0.2) is 18.2 Å². The first kappa shape index (κ1) is 18.6. The number of anilines is 1. The number of benzene rings is 1. The fourth-order valence-electron chi connectivity index (χ4n) is 4.93. The van der Waals surface area contributed by atoms with Crippen molar-refractivity contribution in [2.45, 2.75) is 62.9 Å². The summed E-state index contributed by atoms with van der Waals surface area (Å²) in [5.74, 6) is -1.20. The fraction of sp³-hybridized carbons (Fsp3) is 0.571. The zero-order valence-corrected chi connectivity index (χ0v) is 16.2. The van der Waals surface area contributed by atoms with Crippen LogP contribution in [0.5, 0.6) is 0 Å². The van der Waals surface area contributed by atoms with Crippen molar-refractivity contribution in [2.75, 3.05) is 18.5 Å². The minimum Gasteiger partial charge on any atom is -0.382 e. The highest BCUT2D eigenvalue weighted by atomic mass is 16.7. The van der Waals surface area contributed by atoms with Crippen LogP contribution >= 0.6 is 0 Å². The van der Waals surface area contributed by atoms with Crippen LogP contribution in [0, 0.1) is 0 Å². The van der Waals surface area contributed by atoms with E-state index in [0.717, 1.165) is 36.9 Å². The van der Waals surface area contributed by atoms with Gasteiger partial charge in [0, 0.05) is 48.7 Å². The van der Waals surface area contributed by atoms with Crippen LogP contribution in [0.4, 0.5) is 5.69 Å². The molecule has 0 radical (unpaired) electrons. The number of nitrogens with zero attached hydrogens (tertiary/aromatic N) is 1. The Kier molecular flexibility index (Phi) is 4.55. The zero-order chi connectivity index (χ0) is 20.0. The molecule has 2 saturated heterocycles. The third-order valence-corrected chi connectivity index (χ3v) is 6.50. The first-order valence-electron chi connectivity index (χ1n) is 10.4. The molecule has 154 valence electrons. The predicted molar refractivity (Wildman–Crippen MR) is 103 cm³/mol. The third kappa shape index (κ3) is 3.30. The molecule has 3 fully saturated rings. The van der Waals surface area contributed by atoms with Crippen LogP contribution in [0.1, 0.15) is 54.4 Å². The first-order chi connectivity index (χ1) is 14.0. The first-order valence-corrected chi connectivity index (χ1v) is 10.4. The molecule has 8 heteroatoms. The Morgan fingerprint density at radius 3 is 2.55 bits per heavy atom. The lowest BCUT2D eigenvalue weighted by Crippen LogP contribution is -2.52. The van der Waals surface area contributed by atoms with E-state index in [-0.39, 0.29) is 24.1 Å². The van der Waals surface area contributed by atoms with Crippen molar-refractivity contribution >= 4 is 23.4 Å². The van der Waals surface area contributed by atoms with Gasteiger partial charge >= 0.3 is 0 Å². The van der Waals surface area contributed by atoms with E-state index in [4.69, 9.17) is 9.47 Å². The second kappa shape index (κ2) is 7.11.